The van der Waals surface area contributed by atoms with Gasteiger partial charge < -0.3 is 5.11 Å². The minimum atomic E-state index is -0.475. The third-order valence-electron chi connectivity index (χ3n) is 1.95. The fourth-order valence-corrected chi connectivity index (χ4v) is 1.31. The van der Waals surface area contributed by atoms with E-state index in [0.717, 1.165) is 0 Å². The van der Waals surface area contributed by atoms with Crippen LogP contribution in [-0.4, -0.2) is 16.9 Å². The first kappa shape index (κ1) is 8.50. The summed E-state index contributed by atoms with van der Waals surface area (Å²) < 4.78 is 0. The summed E-state index contributed by atoms with van der Waals surface area (Å²) in [6.45, 7) is 0. The van der Waals surface area contributed by atoms with Crippen LogP contribution >= 0.6 is 0 Å². The predicted molar refractivity (Wildman–Crippen MR) is 49.2 cm³/mol. The quantitative estimate of drug-likeness (QED) is 0.629. The average molecular weight is 189 g/mol. The molecule has 0 radical (unpaired) electrons. The van der Waals surface area contributed by atoms with E-state index in [1.165, 1.54) is 12.1 Å². The van der Waals surface area contributed by atoms with Gasteiger partial charge in [-0.2, -0.15) is 0 Å². The summed E-state index contributed by atoms with van der Waals surface area (Å²) in [5, 5.41) is 11.6. The minimum Gasteiger partial charge on any atom is -0.507 e. The number of phenolic OH excluding ortho intramolecular Hbond substituents is 1. The Kier molecular flexibility index (Phi) is 1.81. The third-order valence-corrected chi connectivity index (χ3v) is 1.95. The van der Waals surface area contributed by atoms with Crippen LogP contribution in [0.3, 0.4) is 0 Å². The Morgan fingerprint density at radius 3 is 2.43 bits per heavy atom. The van der Waals surface area contributed by atoms with Crippen molar-refractivity contribution in [2.45, 2.75) is 0 Å². The summed E-state index contributed by atoms with van der Waals surface area (Å²) in [5.41, 5.74) is 0.573. The van der Waals surface area contributed by atoms with Gasteiger partial charge in [-0.3, -0.25) is 14.9 Å². The SMILES string of the molecule is O=C1C=C(c2ccccc2O)C(=O)N1. The maximum Gasteiger partial charge on any atom is 0.259 e. The maximum absolute atomic E-state index is 11.2. The van der Waals surface area contributed by atoms with E-state index in [1.807, 2.05) is 0 Å². The lowest BCUT2D eigenvalue weighted by Crippen LogP contribution is -2.21. The summed E-state index contributed by atoms with van der Waals surface area (Å²) in [6, 6.07) is 6.38. The molecule has 0 bridgehead atoms. The van der Waals surface area contributed by atoms with Crippen LogP contribution < -0.4 is 5.32 Å². The Morgan fingerprint density at radius 1 is 1.14 bits per heavy atom. The summed E-state index contributed by atoms with van der Waals surface area (Å²) in [6.07, 6.45) is 1.18. The van der Waals surface area contributed by atoms with Crippen LogP contribution in [0.4, 0.5) is 0 Å². The highest BCUT2D eigenvalue weighted by Gasteiger charge is 2.23. The molecule has 1 aromatic rings. The molecular weight excluding hydrogens is 182 g/mol. The molecule has 1 aromatic carbocycles. The van der Waals surface area contributed by atoms with Gasteiger partial charge in [0, 0.05) is 11.6 Å². The monoisotopic (exact) mass is 189 g/mol. The fraction of sp³-hybridized carbons (Fsp3) is 0. The smallest absolute Gasteiger partial charge is 0.259 e. The predicted octanol–water partition coefficient (Wildman–Crippen LogP) is 0.432. The van der Waals surface area contributed by atoms with E-state index in [2.05, 4.69) is 5.32 Å². The van der Waals surface area contributed by atoms with Gasteiger partial charge in [0.05, 0.1) is 5.57 Å². The Bertz CT molecular complexity index is 448. The van der Waals surface area contributed by atoms with E-state index in [4.69, 9.17) is 0 Å². The molecule has 0 atom stereocenters. The number of phenols is 1. The first-order valence-electron chi connectivity index (χ1n) is 4.04. The molecule has 14 heavy (non-hydrogen) atoms. The number of carbonyl (C=O) groups excluding carboxylic acids is 2. The molecule has 0 saturated heterocycles. The molecule has 2 rings (SSSR count). The van der Waals surface area contributed by atoms with Gasteiger partial charge in [-0.15, -0.1) is 0 Å². The number of hydrogen-bond acceptors (Lipinski definition) is 3. The second kappa shape index (κ2) is 2.99. The molecule has 1 aliphatic rings. The number of rotatable bonds is 1. The van der Waals surface area contributed by atoms with Crippen LogP contribution in [0.2, 0.25) is 0 Å². The minimum absolute atomic E-state index is 0.0106. The molecule has 2 amide bonds. The molecule has 2 N–H and O–H groups in total. The zero-order valence-corrected chi connectivity index (χ0v) is 7.15. The van der Waals surface area contributed by atoms with Crippen molar-refractivity contribution in [3.8, 4) is 5.75 Å². The van der Waals surface area contributed by atoms with Gasteiger partial charge in [-0.1, -0.05) is 18.2 Å². The van der Waals surface area contributed by atoms with Crippen molar-refractivity contribution in [3.05, 3.63) is 35.9 Å². The second-order valence-electron chi connectivity index (χ2n) is 2.89. The van der Waals surface area contributed by atoms with Gasteiger partial charge in [0.1, 0.15) is 5.75 Å². The molecule has 1 aliphatic heterocycles. The lowest BCUT2D eigenvalue weighted by molar-refractivity contribution is -0.123. The van der Waals surface area contributed by atoms with E-state index in [0.29, 0.717) is 5.56 Å². The zero-order valence-electron chi connectivity index (χ0n) is 7.15. The average Bonchev–Trinajstić information content (AvgIpc) is 2.46. The number of aromatic hydroxyl groups is 1. The first-order valence-corrected chi connectivity index (χ1v) is 4.04. The summed E-state index contributed by atoms with van der Waals surface area (Å²) in [7, 11) is 0. The number of para-hydroxylation sites is 1. The van der Waals surface area contributed by atoms with Crippen LogP contribution in [0, 0.1) is 0 Å². The van der Waals surface area contributed by atoms with E-state index in [9.17, 15) is 14.7 Å². The highest BCUT2D eigenvalue weighted by atomic mass is 16.3. The highest BCUT2D eigenvalue weighted by molar-refractivity contribution is 6.33. The molecule has 0 fully saturated rings. The molecule has 70 valence electrons. The topological polar surface area (TPSA) is 66.4 Å². The van der Waals surface area contributed by atoms with Crippen LogP contribution in [0.5, 0.6) is 5.75 Å². The van der Waals surface area contributed by atoms with Crippen LogP contribution in [0.1, 0.15) is 5.56 Å². The van der Waals surface area contributed by atoms with Gasteiger partial charge in [-0.25, -0.2) is 0 Å². The Labute approximate surface area is 79.9 Å². The molecule has 0 unspecified atom stereocenters. The van der Waals surface area contributed by atoms with Gasteiger partial charge in [0.15, 0.2) is 0 Å². The number of benzene rings is 1. The van der Waals surface area contributed by atoms with Gasteiger partial charge >= 0.3 is 0 Å². The highest BCUT2D eigenvalue weighted by Crippen LogP contribution is 2.26. The van der Waals surface area contributed by atoms with Crippen molar-refractivity contribution in [2.75, 3.05) is 0 Å². The first-order chi connectivity index (χ1) is 6.68. The van der Waals surface area contributed by atoms with Crippen molar-refractivity contribution in [1.82, 2.24) is 5.32 Å². The van der Waals surface area contributed by atoms with Gasteiger partial charge in [-0.05, 0) is 6.07 Å². The van der Waals surface area contributed by atoms with Crippen LogP contribution in [-0.2, 0) is 9.59 Å². The number of nitrogens with one attached hydrogen (secondary N) is 1. The number of hydrogen-bond donors (Lipinski definition) is 2. The number of imide groups is 1. The van der Waals surface area contributed by atoms with E-state index in [-0.39, 0.29) is 11.3 Å². The third kappa shape index (κ3) is 1.26. The largest absolute Gasteiger partial charge is 0.507 e. The van der Waals surface area contributed by atoms with Crippen molar-refractivity contribution in [1.29, 1.82) is 0 Å². The molecule has 0 aromatic heterocycles. The van der Waals surface area contributed by atoms with Crippen LogP contribution in [0.15, 0.2) is 30.3 Å². The van der Waals surface area contributed by atoms with Crippen molar-refractivity contribution in [3.63, 3.8) is 0 Å². The molecular formula is C10H7NO3. The number of carbonyl (C=O) groups is 2. The molecule has 4 nitrogen and oxygen atoms in total. The molecule has 4 heteroatoms. The fourth-order valence-electron chi connectivity index (χ4n) is 1.31. The molecule has 0 saturated carbocycles. The van der Waals surface area contributed by atoms with Crippen molar-refractivity contribution >= 4 is 17.4 Å². The van der Waals surface area contributed by atoms with E-state index < -0.39 is 11.8 Å². The Morgan fingerprint density at radius 2 is 1.86 bits per heavy atom. The Hall–Kier alpha value is -2.10. The second-order valence-corrected chi connectivity index (χ2v) is 2.89. The van der Waals surface area contributed by atoms with E-state index in [1.54, 1.807) is 18.2 Å². The normalized spacial score (nSPS) is 15.3. The van der Waals surface area contributed by atoms with E-state index >= 15 is 0 Å². The molecule has 0 spiro atoms. The van der Waals surface area contributed by atoms with Crippen molar-refractivity contribution < 1.29 is 14.7 Å². The van der Waals surface area contributed by atoms with Gasteiger partial charge in [0.2, 0.25) is 0 Å². The summed E-state index contributed by atoms with van der Waals surface area (Å²) >= 11 is 0. The number of amides is 2. The van der Waals surface area contributed by atoms with Crippen LogP contribution in [0.25, 0.3) is 5.57 Å². The molecule has 0 aliphatic carbocycles. The van der Waals surface area contributed by atoms with Gasteiger partial charge in [0.25, 0.3) is 11.8 Å². The lowest BCUT2D eigenvalue weighted by atomic mass is 10.1. The van der Waals surface area contributed by atoms with Crippen molar-refractivity contribution in [2.24, 2.45) is 0 Å². The maximum atomic E-state index is 11.2. The summed E-state index contributed by atoms with van der Waals surface area (Å²) in [4.78, 5) is 22.1. The molecule has 1 heterocycles. The summed E-state index contributed by atoms with van der Waals surface area (Å²) in [5.74, 6) is -0.937. The standard InChI is InChI=1S/C10H7NO3/c12-8-4-2-1-3-6(8)7-5-9(13)11-10(7)14/h1-5,12H,(H,11,13,14). The lowest BCUT2D eigenvalue weighted by Gasteiger charge is -2.01. The Balaban J connectivity index is 2.51. The zero-order chi connectivity index (χ0) is 10.1.